The maximum absolute atomic E-state index is 13.5. The number of nitrogens with zero attached hydrogens (tertiary/aromatic N) is 2. The Labute approximate surface area is 110 Å². The third-order valence-electron chi connectivity index (χ3n) is 3.66. The summed E-state index contributed by atoms with van der Waals surface area (Å²) in [6.07, 6.45) is -1.69. The van der Waals surface area contributed by atoms with E-state index in [4.69, 9.17) is 5.11 Å². The van der Waals surface area contributed by atoms with E-state index in [-0.39, 0.29) is 13.1 Å². The molecule has 6 nitrogen and oxygen atoms in total. The number of alkyl halides is 2. The van der Waals surface area contributed by atoms with Gasteiger partial charge in [-0.15, -0.1) is 0 Å². The van der Waals surface area contributed by atoms with Gasteiger partial charge in [0.2, 0.25) is 10.0 Å². The lowest BCUT2D eigenvalue weighted by molar-refractivity contribution is -0.0768. The second kappa shape index (κ2) is 4.55. The van der Waals surface area contributed by atoms with Gasteiger partial charge in [0, 0.05) is 25.6 Å². The number of hydrogen-bond acceptors (Lipinski definition) is 3. The number of piperidine rings is 1. The van der Waals surface area contributed by atoms with Crippen LogP contribution in [0.2, 0.25) is 0 Å². The zero-order valence-corrected chi connectivity index (χ0v) is 11.2. The molecule has 0 spiro atoms. The molecule has 0 radical (unpaired) electrons. The monoisotopic (exact) mass is 298 g/mol. The van der Waals surface area contributed by atoms with Gasteiger partial charge in [0.1, 0.15) is 0 Å². The number of carbonyl (C=O) groups is 1. The first-order valence-electron chi connectivity index (χ1n) is 6.00. The van der Waals surface area contributed by atoms with Crippen molar-refractivity contribution in [3.63, 3.8) is 0 Å². The average Bonchev–Trinajstić information content (AvgIpc) is 2.51. The smallest absolute Gasteiger partial charge is 0.407 e. The third kappa shape index (κ3) is 2.66. The van der Waals surface area contributed by atoms with Gasteiger partial charge in [-0.05, 0) is 13.3 Å². The number of hydrogen-bond donors (Lipinski definition) is 1. The third-order valence-corrected chi connectivity index (χ3v) is 6.04. The number of sulfonamides is 1. The molecule has 0 saturated carbocycles. The summed E-state index contributed by atoms with van der Waals surface area (Å²) in [6, 6.07) is -0.977. The van der Waals surface area contributed by atoms with E-state index in [1.807, 2.05) is 0 Å². The van der Waals surface area contributed by atoms with E-state index >= 15 is 0 Å². The van der Waals surface area contributed by atoms with Crippen molar-refractivity contribution >= 4 is 16.1 Å². The molecule has 2 fully saturated rings. The van der Waals surface area contributed by atoms with Crippen LogP contribution < -0.4 is 0 Å². The maximum Gasteiger partial charge on any atom is 0.407 e. The molecule has 2 rings (SSSR count). The molecule has 9 heteroatoms. The van der Waals surface area contributed by atoms with Gasteiger partial charge in [-0.1, -0.05) is 0 Å². The summed E-state index contributed by atoms with van der Waals surface area (Å²) in [7, 11) is -3.58. The van der Waals surface area contributed by atoms with Crippen LogP contribution >= 0.6 is 0 Å². The van der Waals surface area contributed by atoms with E-state index in [1.165, 1.54) is 6.92 Å². The molecular weight excluding hydrogens is 282 g/mol. The molecule has 19 heavy (non-hydrogen) atoms. The van der Waals surface area contributed by atoms with E-state index in [9.17, 15) is 22.0 Å². The van der Waals surface area contributed by atoms with Crippen molar-refractivity contribution < 1.29 is 27.1 Å². The molecule has 2 atom stereocenters. The van der Waals surface area contributed by atoms with Crippen molar-refractivity contribution in [3.05, 3.63) is 0 Å². The van der Waals surface area contributed by atoms with Crippen LogP contribution in [0.4, 0.5) is 13.6 Å². The van der Waals surface area contributed by atoms with Gasteiger partial charge in [0.15, 0.2) is 0 Å². The standard InChI is InChI=1S/C10H16F2N2O4S/c1-7-2-3-14(19(7,17)18)8-4-10(11,12)6-13(5-8)9(15)16/h7-8H,2-6H2,1H3,(H,15,16)/t7-,8-/m1/s1. The molecule has 110 valence electrons. The van der Waals surface area contributed by atoms with Gasteiger partial charge in [0.05, 0.1) is 11.8 Å². The summed E-state index contributed by atoms with van der Waals surface area (Å²) in [4.78, 5) is 11.4. The van der Waals surface area contributed by atoms with Crippen LogP contribution in [0.3, 0.4) is 0 Å². The Bertz CT molecular complexity index is 482. The Kier molecular flexibility index (Phi) is 3.46. The Balaban J connectivity index is 2.23. The number of halogens is 2. The normalized spacial score (nSPS) is 34.4. The van der Waals surface area contributed by atoms with Gasteiger partial charge in [-0.3, -0.25) is 0 Å². The van der Waals surface area contributed by atoms with Gasteiger partial charge >= 0.3 is 6.09 Å². The Morgan fingerprint density at radius 3 is 2.53 bits per heavy atom. The average molecular weight is 298 g/mol. The molecule has 0 aromatic rings. The zero-order valence-electron chi connectivity index (χ0n) is 10.4. The molecular formula is C10H16F2N2O4S. The first kappa shape index (κ1) is 14.4. The van der Waals surface area contributed by atoms with Gasteiger partial charge < -0.3 is 10.0 Å². The highest BCUT2D eigenvalue weighted by molar-refractivity contribution is 7.90. The van der Waals surface area contributed by atoms with Crippen molar-refractivity contribution in [1.82, 2.24) is 9.21 Å². The largest absolute Gasteiger partial charge is 0.465 e. The van der Waals surface area contributed by atoms with E-state index in [0.717, 1.165) is 4.31 Å². The van der Waals surface area contributed by atoms with Crippen molar-refractivity contribution in [2.24, 2.45) is 0 Å². The minimum Gasteiger partial charge on any atom is -0.465 e. The lowest BCUT2D eigenvalue weighted by Crippen LogP contribution is -2.57. The Morgan fingerprint density at radius 2 is 2.05 bits per heavy atom. The minimum atomic E-state index is -3.58. The Hall–Kier alpha value is -0.960. The fourth-order valence-corrected chi connectivity index (χ4v) is 4.40. The highest BCUT2D eigenvalue weighted by Crippen LogP contribution is 2.34. The Morgan fingerprint density at radius 1 is 1.42 bits per heavy atom. The molecule has 0 unspecified atom stereocenters. The molecule has 2 aliphatic heterocycles. The van der Waals surface area contributed by atoms with Crippen LogP contribution in [0.25, 0.3) is 0 Å². The molecule has 0 bridgehead atoms. The fourth-order valence-electron chi connectivity index (χ4n) is 2.62. The second-order valence-corrected chi connectivity index (χ2v) is 7.44. The van der Waals surface area contributed by atoms with Crippen molar-refractivity contribution in [2.75, 3.05) is 19.6 Å². The predicted molar refractivity (Wildman–Crippen MR) is 62.7 cm³/mol. The first-order chi connectivity index (χ1) is 8.63. The summed E-state index contributed by atoms with van der Waals surface area (Å²) in [5.41, 5.74) is 0. The summed E-state index contributed by atoms with van der Waals surface area (Å²) in [6.45, 7) is 0.641. The second-order valence-electron chi connectivity index (χ2n) is 5.13. The van der Waals surface area contributed by atoms with Crippen molar-refractivity contribution in [2.45, 2.75) is 37.0 Å². The number of amides is 1. The van der Waals surface area contributed by atoms with Crippen molar-refractivity contribution in [1.29, 1.82) is 0 Å². The van der Waals surface area contributed by atoms with Gasteiger partial charge in [-0.2, -0.15) is 4.31 Å². The van der Waals surface area contributed by atoms with Crippen molar-refractivity contribution in [3.8, 4) is 0 Å². The van der Waals surface area contributed by atoms with E-state index < -0.39 is 46.3 Å². The summed E-state index contributed by atoms with van der Waals surface area (Å²) in [5.74, 6) is -3.19. The molecule has 1 N–H and O–H groups in total. The molecule has 1 amide bonds. The van der Waals surface area contributed by atoms with E-state index in [0.29, 0.717) is 11.3 Å². The lowest BCUT2D eigenvalue weighted by Gasteiger charge is -2.39. The molecule has 2 heterocycles. The topological polar surface area (TPSA) is 77.9 Å². The lowest BCUT2D eigenvalue weighted by atomic mass is 10.0. The summed E-state index contributed by atoms with van der Waals surface area (Å²) >= 11 is 0. The van der Waals surface area contributed by atoms with Crippen LogP contribution in [0.5, 0.6) is 0 Å². The van der Waals surface area contributed by atoms with Crippen LogP contribution in [0, 0.1) is 0 Å². The SMILES string of the molecule is C[C@@H]1CCN([C@H]2CN(C(=O)O)CC(F)(F)C2)S1(=O)=O. The summed E-state index contributed by atoms with van der Waals surface area (Å²) in [5, 5.41) is 8.24. The van der Waals surface area contributed by atoms with Crippen LogP contribution in [0.1, 0.15) is 19.8 Å². The minimum absolute atomic E-state index is 0.178. The van der Waals surface area contributed by atoms with E-state index in [1.54, 1.807) is 0 Å². The van der Waals surface area contributed by atoms with E-state index in [2.05, 4.69) is 0 Å². The highest BCUT2D eigenvalue weighted by atomic mass is 32.2. The molecule has 0 aromatic carbocycles. The highest BCUT2D eigenvalue weighted by Gasteiger charge is 2.49. The van der Waals surface area contributed by atoms with Gasteiger partial charge in [-0.25, -0.2) is 22.0 Å². The zero-order chi connectivity index (χ0) is 14.4. The van der Waals surface area contributed by atoms with Crippen LogP contribution in [-0.4, -0.2) is 65.7 Å². The molecule has 2 saturated heterocycles. The summed E-state index contributed by atoms with van der Waals surface area (Å²) < 4.78 is 52.1. The number of likely N-dealkylation sites (tertiary alicyclic amines) is 1. The molecule has 2 aliphatic rings. The molecule has 0 aromatic heterocycles. The number of carboxylic acid groups (broad SMARTS) is 1. The first-order valence-corrected chi connectivity index (χ1v) is 7.50. The predicted octanol–water partition coefficient (Wildman–Crippen LogP) is 0.798. The fraction of sp³-hybridized carbons (Fsp3) is 0.900. The maximum atomic E-state index is 13.5. The number of rotatable bonds is 1. The quantitative estimate of drug-likeness (QED) is 0.776. The molecule has 0 aliphatic carbocycles. The van der Waals surface area contributed by atoms with Crippen LogP contribution in [0.15, 0.2) is 0 Å². The van der Waals surface area contributed by atoms with Crippen LogP contribution in [-0.2, 0) is 10.0 Å². The van der Waals surface area contributed by atoms with Gasteiger partial charge in [0.25, 0.3) is 5.92 Å².